The molecule has 0 aromatic heterocycles. The smallest absolute Gasteiger partial charge is 0.205 e. The Labute approximate surface area is 106 Å². The lowest BCUT2D eigenvalue weighted by atomic mass is 10.0. The molecule has 0 aliphatic carbocycles. The molecule has 0 saturated heterocycles. The molecule has 3 nitrogen and oxygen atoms in total. The lowest BCUT2D eigenvalue weighted by Gasteiger charge is -2.33. The molecule has 2 aromatic rings. The van der Waals surface area contributed by atoms with Crippen molar-refractivity contribution < 1.29 is 14.2 Å². The van der Waals surface area contributed by atoms with Crippen LogP contribution in [0, 0.1) is 0 Å². The molecule has 0 fully saturated rings. The van der Waals surface area contributed by atoms with E-state index in [9.17, 15) is 0 Å². The largest absolute Gasteiger partial charge is 0.496 e. The maximum absolute atomic E-state index is 5.95. The highest BCUT2D eigenvalue weighted by Gasteiger charge is 2.29. The van der Waals surface area contributed by atoms with E-state index < -0.39 is 5.79 Å². The Kier molecular flexibility index (Phi) is 2.45. The molecule has 0 unspecified atom stereocenters. The SMILES string of the molecule is COc1cc2c(c3ccccc13)OC(C)(C)OC2. The van der Waals surface area contributed by atoms with E-state index in [-0.39, 0.29) is 0 Å². The molecule has 1 heterocycles. The van der Waals surface area contributed by atoms with E-state index in [1.54, 1.807) is 7.11 Å². The lowest BCUT2D eigenvalue weighted by Crippen LogP contribution is -2.35. The van der Waals surface area contributed by atoms with Crippen LogP contribution in [0.4, 0.5) is 0 Å². The van der Waals surface area contributed by atoms with Crippen molar-refractivity contribution in [3.8, 4) is 11.5 Å². The standard InChI is InChI=1S/C15H16O3/c1-15(2)17-9-10-8-13(16-3)11-6-4-5-7-12(11)14(10)18-15/h4-8H,9H2,1-3H3. The Bertz CT molecular complexity index is 602. The third-order valence-electron chi connectivity index (χ3n) is 3.18. The van der Waals surface area contributed by atoms with Gasteiger partial charge >= 0.3 is 0 Å². The fourth-order valence-electron chi connectivity index (χ4n) is 2.29. The number of methoxy groups -OCH3 is 1. The van der Waals surface area contributed by atoms with Crippen molar-refractivity contribution in [1.29, 1.82) is 0 Å². The van der Waals surface area contributed by atoms with E-state index >= 15 is 0 Å². The van der Waals surface area contributed by atoms with Crippen LogP contribution in [0.2, 0.25) is 0 Å². The number of rotatable bonds is 1. The van der Waals surface area contributed by atoms with Gasteiger partial charge in [0, 0.05) is 30.2 Å². The minimum atomic E-state index is -0.579. The minimum Gasteiger partial charge on any atom is -0.496 e. The summed E-state index contributed by atoms with van der Waals surface area (Å²) in [6.45, 7) is 4.40. The highest BCUT2D eigenvalue weighted by molar-refractivity contribution is 5.94. The van der Waals surface area contributed by atoms with Crippen LogP contribution in [0.5, 0.6) is 11.5 Å². The number of hydrogen-bond acceptors (Lipinski definition) is 3. The number of benzene rings is 2. The lowest BCUT2D eigenvalue weighted by molar-refractivity contribution is -0.179. The van der Waals surface area contributed by atoms with Crippen LogP contribution in [0.3, 0.4) is 0 Å². The van der Waals surface area contributed by atoms with Gasteiger partial charge in [-0.1, -0.05) is 24.3 Å². The predicted octanol–water partition coefficient (Wildman–Crippen LogP) is 3.49. The number of fused-ring (bicyclic) bond motifs is 3. The molecule has 1 aliphatic rings. The number of ether oxygens (including phenoxy) is 3. The summed E-state index contributed by atoms with van der Waals surface area (Å²) in [5, 5.41) is 2.14. The normalized spacial score (nSPS) is 17.1. The summed E-state index contributed by atoms with van der Waals surface area (Å²) in [6, 6.07) is 10.1. The Morgan fingerprint density at radius 3 is 2.61 bits per heavy atom. The molecule has 0 bridgehead atoms. The van der Waals surface area contributed by atoms with E-state index in [4.69, 9.17) is 14.2 Å². The van der Waals surface area contributed by atoms with Gasteiger partial charge in [-0.2, -0.15) is 0 Å². The van der Waals surface area contributed by atoms with Crippen molar-refractivity contribution in [2.24, 2.45) is 0 Å². The van der Waals surface area contributed by atoms with Crippen molar-refractivity contribution in [1.82, 2.24) is 0 Å². The summed E-state index contributed by atoms with van der Waals surface area (Å²) in [4.78, 5) is 0. The zero-order valence-corrected chi connectivity index (χ0v) is 10.8. The molecule has 0 spiro atoms. The van der Waals surface area contributed by atoms with Gasteiger partial charge in [-0.05, 0) is 6.07 Å². The quantitative estimate of drug-likeness (QED) is 0.768. The maximum Gasteiger partial charge on any atom is 0.205 e. The fourth-order valence-corrected chi connectivity index (χ4v) is 2.29. The molecule has 94 valence electrons. The highest BCUT2D eigenvalue weighted by atomic mass is 16.7. The molecule has 3 rings (SSSR count). The van der Waals surface area contributed by atoms with Crippen LogP contribution in [-0.4, -0.2) is 12.9 Å². The van der Waals surface area contributed by atoms with Crippen LogP contribution in [-0.2, 0) is 11.3 Å². The van der Waals surface area contributed by atoms with Crippen molar-refractivity contribution in [3.05, 3.63) is 35.9 Å². The predicted molar refractivity (Wildman–Crippen MR) is 70.0 cm³/mol. The first-order valence-electron chi connectivity index (χ1n) is 6.02. The second-order valence-electron chi connectivity index (χ2n) is 4.90. The summed E-state index contributed by atoms with van der Waals surface area (Å²) in [7, 11) is 1.68. The second kappa shape index (κ2) is 3.89. The average Bonchev–Trinajstić information content (AvgIpc) is 2.37. The Morgan fingerprint density at radius 1 is 1.17 bits per heavy atom. The van der Waals surface area contributed by atoms with Crippen molar-refractivity contribution >= 4 is 10.8 Å². The molecule has 2 aromatic carbocycles. The monoisotopic (exact) mass is 244 g/mol. The summed E-state index contributed by atoms with van der Waals surface area (Å²) >= 11 is 0. The van der Waals surface area contributed by atoms with Gasteiger partial charge in [0.25, 0.3) is 0 Å². The molecule has 18 heavy (non-hydrogen) atoms. The second-order valence-corrected chi connectivity index (χ2v) is 4.90. The average molecular weight is 244 g/mol. The third-order valence-corrected chi connectivity index (χ3v) is 3.18. The first-order chi connectivity index (χ1) is 8.61. The van der Waals surface area contributed by atoms with Gasteiger partial charge in [-0.15, -0.1) is 0 Å². The molecule has 0 atom stereocenters. The van der Waals surface area contributed by atoms with Crippen LogP contribution in [0.25, 0.3) is 10.8 Å². The van der Waals surface area contributed by atoms with Crippen LogP contribution < -0.4 is 9.47 Å². The van der Waals surface area contributed by atoms with Crippen LogP contribution >= 0.6 is 0 Å². The van der Waals surface area contributed by atoms with E-state index in [0.717, 1.165) is 27.8 Å². The van der Waals surface area contributed by atoms with E-state index in [0.29, 0.717) is 6.61 Å². The summed E-state index contributed by atoms with van der Waals surface area (Å²) < 4.78 is 17.1. The van der Waals surface area contributed by atoms with Crippen molar-refractivity contribution in [2.75, 3.05) is 7.11 Å². The van der Waals surface area contributed by atoms with Crippen LogP contribution in [0.15, 0.2) is 30.3 Å². The number of hydrogen-bond donors (Lipinski definition) is 0. The van der Waals surface area contributed by atoms with E-state index in [1.807, 2.05) is 38.1 Å². The van der Waals surface area contributed by atoms with Gasteiger partial charge in [-0.25, -0.2) is 0 Å². The van der Waals surface area contributed by atoms with Crippen molar-refractivity contribution in [3.63, 3.8) is 0 Å². The molecule has 0 N–H and O–H groups in total. The molecule has 0 amide bonds. The van der Waals surface area contributed by atoms with Gasteiger partial charge < -0.3 is 14.2 Å². The molecule has 0 saturated carbocycles. The van der Waals surface area contributed by atoms with Gasteiger partial charge in [0.15, 0.2) is 0 Å². The summed E-state index contributed by atoms with van der Waals surface area (Å²) in [5.41, 5.74) is 1.03. The molecule has 0 radical (unpaired) electrons. The topological polar surface area (TPSA) is 27.7 Å². The zero-order chi connectivity index (χ0) is 12.8. The van der Waals surface area contributed by atoms with Crippen LogP contribution in [0.1, 0.15) is 19.4 Å². The minimum absolute atomic E-state index is 0.545. The Balaban J connectivity index is 2.29. The summed E-state index contributed by atoms with van der Waals surface area (Å²) in [6.07, 6.45) is 0. The first-order valence-corrected chi connectivity index (χ1v) is 6.02. The van der Waals surface area contributed by atoms with E-state index in [1.165, 1.54) is 0 Å². The Morgan fingerprint density at radius 2 is 1.89 bits per heavy atom. The van der Waals surface area contributed by atoms with Gasteiger partial charge in [-0.3, -0.25) is 0 Å². The molecular formula is C15H16O3. The fraction of sp³-hybridized carbons (Fsp3) is 0.333. The van der Waals surface area contributed by atoms with E-state index in [2.05, 4.69) is 6.07 Å². The van der Waals surface area contributed by atoms with Crippen molar-refractivity contribution in [2.45, 2.75) is 26.2 Å². The van der Waals surface area contributed by atoms with Gasteiger partial charge in [0.2, 0.25) is 5.79 Å². The first kappa shape index (κ1) is 11.4. The molecule has 1 aliphatic heterocycles. The third kappa shape index (κ3) is 1.71. The maximum atomic E-state index is 5.95. The van der Waals surface area contributed by atoms with Gasteiger partial charge in [0.05, 0.1) is 13.7 Å². The Hall–Kier alpha value is -1.74. The highest BCUT2D eigenvalue weighted by Crippen LogP contribution is 2.41. The zero-order valence-electron chi connectivity index (χ0n) is 10.8. The molecular weight excluding hydrogens is 228 g/mol. The molecule has 3 heteroatoms. The summed E-state index contributed by atoms with van der Waals surface area (Å²) in [5.74, 6) is 1.18. The van der Waals surface area contributed by atoms with Gasteiger partial charge in [0.1, 0.15) is 11.5 Å².